The topological polar surface area (TPSA) is 32.3 Å². The van der Waals surface area contributed by atoms with Gasteiger partial charge in [0.05, 0.1) is 11.1 Å². The van der Waals surface area contributed by atoms with Gasteiger partial charge in [0.1, 0.15) is 17.3 Å². The molecule has 0 aliphatic heterocycles. The van der Waals surface area contributed by atoms with Crippen LogP contribution in [0.3, 0.4) is 0 Å². The van der Waals surface area contributed by atoms with Crippen molar-refractivity contribution >= 4 is 17.3 Å². The van der Waals surface area contributed by atoms with Crippen LogP contribution < -0.4 is 10.2 Å². The second-order valence-corrected chi connectivity index (χ2v) is 5.93. The number of halogens is 8. The molecule has 11 heteroatoms. The van der Waals surface area contributed by atoms with E-state index in [2.05, 4.69) is 0 Å². The molecule has 2 aromatic rings. The number of nitrogens with zero attached hydrogens (tertiary/aromatic N) is 1. The molecule has 0 aliphatic carbocycles. The number of rotatable bonds is 3. The summed E-state index contributed by atoms with van der Waals surface area (Å²) in [5.41, 5.74) is -5.19. The molecule has 0 saturated carbocycles. The molecule has 1 N–H and O–H groups in total. The van der Waals surface area contributed by atoms with Crippen molar-refractivity contribution in [2.45, 2.75) is 12.4 Å². The third-order valence-electron chi connectivity index (χ3n) is 3.57. The fraction of sp³-hybridized carbons (Fsp3) is 0.235. The van der Waals surface area contributed by atoms with E-state index >= 15 is 0 Å². The zero-order chi connectivity index (χ0) is 21.4. The summed E-state index contributed by atoms with van der Waals surface area (Å²) in [6.45, 7) is 0. The van der Waals surface area contributed by atoms with Gasteiger partial charge in [-0.2, -0.15) is 26.3 Å². The van der Waals surface area contributed by atoms with E-state index in [1.54, 1.807) is 5.32 Å². The molecule has 2 rings (SSSR count). The highest BCUT2D eigenvalue weighted by Gasteiger charge is 2.37. The van der Waals surface area contributed by atoms with Gasteiger partial charge in [0.25, 0.3) is 5.91 Å². The number of carbonyl (C=O) groups excluding carboxylic acids is 1. The van der Waals surface area contributed by atoms with Crippen LogP contribution in [0.4, 0.5) is 46.5 Å². The standard InChI is InChI=1S/C17H12F8N2O/c1-27(2)14-12(18)3-8(4-13(14)19)15(28)26-11-6-9(16(20,21)22)5-10(7-11)17(23,24)25/h3-7H,1-2H3,(H,26,28). The lowest BCUT2D eigenvalue weighted by molar-refractivity contribution is -0.143. The van der Waals surface area contributed by atoms with E-state index in [1.807, 2.05) is 0 Å². The van der Waals surface area contributed by atoms with Crippen LogP contribution in [0.1, 0.15) is 21.5 Å². The molecule has 3 nitrogen and oxygen atoms in total. The van der Waals surface area contributed by atoms with Gasteiger partial charge in [-0.05, 0) is 30.3 Å². The Labute approximate surface area is 153 Å². The Hall–Kier alpha value is -2.85. The molecule has 0 saturated heterocycles. The predicted molar refractivity (Wildman–Crippen MR) is 85.1 cm³/mol. The Morgan fingerprint density at radius 2 is 1.25 bits per heavy atom. The van der Waals surface area contributed by atoms with E-state index < -0.39 is 58.0 Å². The molecular formula is C17H12F8N2O. The van der Waals surface area contributed by atoms with Crippen molar-refractivity contribution in [3.63, 3.8) is 0 Å². The molecule has 0 aliphatic rings. The van der Waals surface area contributed by atoms with Gasteiger partial charge >= 0.3 is 12.4 Å². The van der Waals surface area contributed by atoms with E-state index in [4.69, 9.17) is 0 Å². The van der Waals surface area contributed by atoms with E-state index in [1.165, 1.54) is 14.1 Å². The molecule has 0 radical (unpaired) electrons. The molecule has 0 spiro atoms. The SMILES string of the molecule is CN(C)c1c(F)cc(C(=O)Nc2cc(C(F)(F)F)cc(C(F)(F)F)c2)cc1F. The number of anilines is 2. The molecule has 0 heterocycles. The number of amides is 1. The van der Waals surface area contributed by atoms with Crippen molar-refractivity contribution in [1.82, 2.24) is 0 Å². The summed E-state index contributed by atoms with van der Waals surface area (Å²) in [7, 11) is 2.67. The van der Waals surface area contributed by atoms with Crippen LogP contribution in [0.25, 0.3) is 0 Å². The van der Waals surface area contributed by atoms with Crippen molar-refractivity contribution in [3.05, 3.63) is 58.7 Å². The van der Waals surface area contributed by atoms with Gasteiger partial charge in [0.15, 0.2) is 0 Å². The Kier molecular flexibility index (Phi) is 5.58. The average Bonchev–Trinajstić information content (AvgIpc) is 2.51. The number of carbonyl (C=O) groups is 1. The monoisotopic (exact) mass is 412 g/mol. The minimum atomic E-state index is -5.10. The molecule has 0 unspecified atom stereocenters. The number of hydrogen-bond acceptors (Lipinski definition) is 2. The molecule has 0 fully saturated rings. The summed E-state index contributed by atoms with van der Waals surface area (Å²) in [5.74, 6) is -3.54. The van der Waals surface area contributed by atoms with Gasteiger partial charge in [-0.1, -0.05) is 0 Å². The minimum Gasteiger partial charge on any atom is -0.373 e. The van der Waals surface area contributed by atoms with Crippen molar-refractivity contribution < 1.29 is 39.9 Å². The van der Waals surface area contributed by atoms with Crippen LogP contribution in [0.2, 0.25) is 0 Å². The van der Waals surface area contributed by atoms with Crippen LogP contribution in [-0.4, -0.2) is 20.0 Å². The molecule has 0 atom stereocenters. The van der Waals surface area contributed by atoms with Crippen molar-refractivity contribution in [2.24, 2.45) is 0 Å². The Morgan fingerprint density at radius 3 is 1.61 bits per heavy atom. The van der Waals surface area contributed by atoms with Crippen LogP contribution in [0, 0.1) is 11.6 Å². The summed E-state index contributed by atoms with van der Waals surface area (Å²) < 4.78 is 105. The van der Waals surface area contributed by atoms with Gasteiger partial charge in [-0.3, -0.25) is 4.79 Å². The second-order valence-electron chi connectivity index (χ2n) is 5.93. The van der Waals surface area contributed by atoms with Crippen LogP contribution >= 0.6 is 0 Å². The second kappa shape index (κ2) is 7.28. The van der Waals surface area contributed by atoms with Gasteiger partial charge in [0.2, 0.25) is 0 Å². The number of nitrogens with one attached hydrogen (secondary N) is 1. The highest BCUT2D eigenvalue weighted by atomic mass is 19.4. The average molecular weight is 412 g/mol. The molecule has 0 aromatic heterocycles. The zero-order valence-electron chi connectivity index (χ0n) is 14.3. The molecule has 1 amide bonds. The normalized spacial score (nSPS) is 12.1. The number of alkyl halides is 6. The Morgan fingerprint density at radius 1 is 0.821 bits per heavy atom. The van der Waals surface area contributed by atoms with Crippen molar-refractivity contribution in [1.29, 1.82) is 0 Å². The lowest BCUT2D eigenvalue weighted by atomic mass is 10.1. The first-order chi connectivity index (χ1) is 12.7. The van der Waals surface area contributed by atoms with Crippen LogP contribution in [0.15, 0.2) is 30.3 Å². The van der Waals surface area contributed by atoms with Gasteiger partial charge in [0, 0.05) is 25.3 Å². The quantitative estimate of drug-likeness (QED) is 0.692. The summed E-state index contributed by atoms with van der Waals surface area (Å²) >= 11 is 0. The maximum Gasteiger partial charge on any atom is 0.416 e. The van der Waals surface area contributed by atoms with Crippen molar-refractivity contribution in [3.8, 4) is 0 Å². The molecule has 152 valence electrons. The number of hydrogen-bond donors (Lipinski definition) is 1. The third kappa shape index (κ3) is 4.70. The fourth-order valence-electron chi connectivity index (χ4n) is 2.35. The smallest absolute Gasteiger partial charge is 0.373 e. The minimum absolute atomic E-state index is 0.110. The Balaban J connectivity index is 2.44. The largest absolute Gasteiger partial charge is 0.416 e. The first-order valence-corrected chi connectivity index (χ1v) is 7.47. The summed E-state index contributed by atoms with van der Waals surface area (Å²) in [6.07, 6.45) is -10.2. The maximum atomic E-state index is 13.9. The van der Waals surface area contributed by atoms with Crippen molar-refractivity contribution in [2.75, 3.05) is 24.3 Å². The molecule has 0 bridgehead atoms. The summed E-state index contributed by atoms with van der Waals surface area (Å²) in [5, 5.41) is 1.80. The summed E-state index contributed by atoms with van der Waals surface area (Å²) in [4.78, 5) is 13.2. The first-order valence-electron chi connectivity index (χ1n) is 7.47. The van der Waals surface area contributed by atoms with E-state index in [-0.39, 0.29) is 18.2 Å². The van der Waals surface area contributed by atoms with Crippen LogP contribution in [0.5, 0.6) is 0 Å². The van der Waals surface area contributed by atoms with E-state index in [0.717, 1.165) is 4.90 Å². The van der Waals surface area contributed by atoms with E-state index in [9.17, 15) is 39.9 Å². The highest BCUT2D eigenvalue weighted by Crippen LogP contribution is 2.37. The molecule has 2 aromatic carbocycles. The van der Waals surface area contributed by atoms with Crippen LogP contribution in [-0.2, 0) is 12.4 Å². The number of benzene rings is 2. The lowest BCUT2D eigenvalue weighted by Crippen LogP contribution is -2.18. The van der Waals surface area contributed by atoms with Gasteiger partial charge < -0.3 is 10.2 Å². The summed E-state index contributed by atoms with van der Waals surface area (Å²) in [6, 6.07) is 1.70. The predicted octanol–water partition coefficient (Wildman–Crippen LogP) is 5.32. The van der Waals surface area contributed by atoms with Gasteiger partial charge in [-0.15, -0.1) is 0 Å². The molecule has 28 heavy (non-hydrogen) atoms. The highest BCUT2D eigenvalue weighted by molar-refractivity contribution is 6.04. The Bertz CT molecular complexity index is 848. The fourth-order valence-corrected chi connectivity index (χ4v) is 2.35. The van der Waals surface area contributed by atoms with Gasteiger partial charge in [-0.25, -0.2) is 8.78 Å². The zero-order valence-corrected chi connectivity index (χ0v) is 14.3. The van der Waals surface area contributed by atoms with E-state index in [0.29, 0.717) is 12.1 Å². The molecular weight excluding hydrogens is 400 g/mol. The third-order valence-corrected chi connectivity index (χ3v) is 3.57. The first kappa shape index (κ1) is 21.5. The lowest BCUT2D eigenvalue weighted by Gasteiger charge is -2.16. The maximum absolute atomic E-state index is 13.9.